The Hall–Kier alpha value is -3.52. The first-order valence-electron chi connectivity index (χ1n) is 10.3. The predicted octanol–water partition coefficient (Wildman–Crippen LogP) is 3.54. The van der Waals surface area contributed by atoms with Gasteiger partial charge in [0.2, 0.25) is 0 Å². The Bertz CT molecular complexity index is 1220. The number of ether oxygens (including phenoxy) is 2. The van der Waals surface area contributed by atoms with Crippen molar-refractivity contribution in [1.82, 2.24) is 5.32 Å². The summed E-state index contributed by atoms with van der Waals surface area (Å²) < 4.78 is 38.8. The Balaban J connectivity index is 1.36. The van der Waals surface area contributed by atoms with Gasteiger partial charge in [0.15, 0.2) is 11.5 Å². The molecule has 0 atom stereocenters. The molecule has 0 aromatic heterocycles. The molecule has 1 aliphatic rings. The number of fused-ring (bicyclic) bond motifs is 1. The molecule has 1 aliphatic heterocycles. The van der Waals surface area contributed by atoms with Gasteiger partial charge in [-0.2, -0.15) is 0 Å². The van der Waals surface area contributed by atoms with E-state index in [-0.39, 0.29) is 10.8 Å². The molecular weight excluding hydrogens is 428 g/mol. The molecule has 0 spiro atoms. The third-order valence-corrected chi connectivity index (χ3v) is 6.38. The summed E-state index contributed by atoms with van der Waals surface area (Å²) in [6, 6.07) is 18.9. The summed E-state index contributed by atoms with van der Waals surface area (Å²) in [5.74, 6) is 0.712. The first-order chi connectivity index (χ1) is 15.4. The summed E-state index contributed by atoms with van der Waals surface area (Å²) >= 11 is 0. The highest BCUT2D eigenvalue weighted by molar-refractivity contribution is 7.92. The van der Waals surface area contributed by atoms with E-state index in [4.69, 9.17) is 9.47 Å². The van der Waals surface area contributed by atoms with Crippen molar-refractivity contribution in [2.24, 2.45) is 0 Å². The summed E-state index contributed by atoms with van der Waals surface area (Å²) in [5, 5.41) is 2.89. The van der Waals surface area contributed by atoms with Crippen molar-refractivity contribution in [2.75, 3.05) is 24.5 Å². The van der Waals surface area contributed by atoms with E-state index in [1.165, 1.54) is 17.7 Å². The van der Waals surface area contributed by atoms with Crippen molar-refractivity contribution >= 4 is 21.6 Å². The number of carbonyl (C=O) groups excluding carboxylic acids is 1. The second-order valence-corrected chi connectivity index (χ2v) is 9.17. The van der Waals surface area contributed by atoms with Gasteiger partial charge < -0.3 is 14.8 Å². The molecule has 0 aliphatic carbocycles. The minimum Gasteiger partial charge on any atom is -0.486 e. The number of sulfonamides is 1. The van der Waals surface area contributed by atoms with Crippen molar-refractivity contribution in [1.29, 1.82) is 0 Å². The van der Waals surface area contributed by atoms with Crippen molar-refractivity contribution in [2.45, 2.75) is 18.2 Å². The minimum absolute atomic E-state index is 0.0692. The maximum Gasteiger partial charge on any atom is 0.262 e. The lowest BCUT2D eigenvalue weighted by atomic mass is 10.1. The molecule has 3 aromatic rings. The Morgan fingerprint density at radius 3 is 2.44 bits per heavy atom. The van der Waals surface area contributed by atoms with Crippen LogP contribution in [0.15, 0.2) is 71.6 Å². The van der Waals surface area contributed by atoms with E-state index < -0.39 is 10.0 Å². The van der Waals surface area contributed by atoms with Gasteiger partial charge in [-0.25, -0.2) is 8.42 Å². The highest BCUT2D eigenvalue weighted by atomic mass is 32.2. The monoisotopic (exact) mass is 452 g/mol. The molecule has 7 nitrogen and oxygen atoms in total. The van der Waals surface area contributed by atoms with E-state index in [9.17, 15) is 13.2 Å². The predicted molar refractivity (Wildman–Crippen MR) is 122 cm³/mol. The Labute approximate surface area is 187 Å². The van der Waals surface area contributed by atoms with Crippen LogP contribution in [-0.2, 0) is 16.4 Å². The van der Waals surface area contributed by atoms with Crippen molar-refractivity contribution in [3.05, 3.63) is 83.4 Å². The molecular formula is C24H24N2O5S. The van der Waals surface area contributed by atoms with Gasteiger partial charge in [0, 0.05) is 23.9 Å². The van der Waals surface area contributed by atoms with Crippen LogP contribution < -0.4 is 19.5 Å². The molecule has 3 aromatic carbocycles. The summed E-state index contributed by atoms with van der Waals surface area (Å²) in [5.41, 5.74) is 3.16. The number of aryl methyl sites for hydroxylation is 1. The fourth-order valence-electron chi connectivity index (χ4n) is 3.38. The summed E-state index contributed by atoms with van der Waals surface area (Å²) in [4.78, 5) is 12.4. The highest BCUT2D eigenvalue weighted by Crippen LogP contribution is 2.32. The van der Waals surface area contributed by atoms with Gasteiger partial charge in [0.25, 0.3) is 15.9 Å². The third kappa shape index (κ3) is 5.20. The molecule has 2 N–H and O–H groups in total. The number of amides is 1. The second-order valence-electron chi connectivity index (χ2n) is 7.48. The van der Waals surface area contributed by atoms with Crippen LogP contribution in [0.5, 0.6) is 11.5 Å². The van der Waals surface area contributed by atoms with Crippen LogP contribution in [0.1, 0.15) is 21.5 Å². The highest BCUT2D eigenvalue weighted by Gasteiger charge is 2.19. The smallest absolute Gasteiger partial charge is 0.262 e. The number of hydrogen-bond donors (Lipinski definition) is 2. The number of benzene rings is 3. The number of nitrogens with one attached hydrogen (secondary N) is 2. The van der Waals surface area contributed by atoms with Crippen LogP contribution in [0, 0.1) is 6.92 Å². The van der Waals surface area contributed by atoms with E-state index in [2.05, 4.69) is 16.1 Å². The van der Waals surface area contributed by atoms with Crippen LogP contribution in [0.25, 0.3) is 0 Å². The normalized spacial score (nSPS) is 12.8. The maximum absolute atomic E-state index is 12.7. The van der Waals surface area contributed by atoms with Crippen LogP contribution in [0.2, 0.25) is 0 Å². The SMILES string of the molecule is Cc1cccc(CCNC(=O)c2ccc(NS(=O)(=O)c3ccc4c(c3)OCCO4)cc2)c1. The fraction of sp³-hybridized carbons (Fsp3) is 0.208. The zero-order valence-corrected chi connectivity index (χ0v) is 18.4. The van der Waals surface area contributed by atoms with Crippen molar-refractivity contribution in [3.63, 3.8) is 0 Å². The lowest BCUT2D eigenvalue weighted by molar-refractivity contribution is 0.0954. The molecule has 1 heterocycles. The van der Waals surface area contributed by atoms with Crippen molar-refractivity contribution in [3.8, 4) is 11.5 Å². The van der Waals surface area contributed by atoms with E-state index in [0.717, 1.165) is 12.0 Å². The molecule has 0 radical (unpaired) electrons. The summed E-state index contributed by atoms with van der Waals surface area (Å²) in [6.07, 6.45) is 0.737. The Morgan fingerprint density at radius 1 is 0.938 bits per heavy atom. The van der Waals surface area contributed by atoms with Gasteiger partial charge in [-0.1, -0.05) is 29.8 Å². The maximum atomic E-state index is 12.7. The fourth-order valence-corrected chi connectivity index (χ4v) is 4.46. The molecule has 0 fully saturated rings. The first-order valence-corrected chi connectivity index (χ1v) is 11.8. The van der Waals surface area contributed by atoms with Crippen molar-refractivity contribution < 1.29 is 22.7 Å². The van der Waals surface area contributed by atoms with Crippen LogP contribution in [0.4, 0.5) is 5.69 Å². The van der Waals surface area contributed by atoms with E-state index in [1.54, 1.807) is 30.3 Å². The Kier molecular flexibility index (Phi) is 6.32. The molecule has 166 valence electrons. The molecule has 32 heavy (non-hydrogen) atoms. The molecule has 0 saturated carbocycles. The standard InChI is InChI=1S/C24H24N2O5S/c1-17-3-2-4-18(15-17)11-12-25-24(27)19-5-7-20(8-6-19)26-32(28,29)21-9-10-22-23(16-21)31-14-13-30-22/h2-10,15-16,26H,11-14H2,1H3,(H,25,27). The van der Waals surface area contributed by atoms with Crippen LogP contribution >= 0.6 is 0 Å². The average molecular weight is 453 g/mol. The van der Waals surface area contributed by atoms with Gasteiger partial charge in [-0.3, -0.25) is 9.52 Å². The van der Waals surface area contributed by atoms with E-state index in [1.807, 2.05) is 25.1 Å². The van der Waals surface area contributed by atoms with Gasteiger partial charge in [0.05, 0.1) is 4.90 Å². The Morgan fingerprint density at radius 2 is 1.69 bits per heavy atom. The van der Waals surface area contributed by atoms with Crippen LogP contribution in [0.3, 0.4) is 0 Å². The number of carbonyl (C=O) groups is 1. The number of anilines is 1. The van der Waals surface area contributed by atoms with Gasteiger partial charge in [-0.05, 0) is 55.3 Å². The van der Waals surface area contributed by atoms with Crippen LogP contribution in [-0.4, -0.2) is 34.1 Å². The second kappa shape index (κ2) is 9.32. The minimum atomic E-state index is -3.81. The lowest BCUT2D eigenvalue weighted by Gasteiger charge is -2.19. The molecule has 0 saturated heterocycles. The summed E-state index contributed by atoms with van der Waals surface area (Å²) in [6.45, 7) is 3.36. The van der Waals surface area contributed by atoms with Gasteiger partial charge in [0.1, 0.15) is 13.2 Å². The molecule has 4 rings (SSSR count). The number of rotatable bonds is 7. The van der Waals surface area contributed by atoms with E-state index in [0.29, 0.717) is 42.5 Å². The zero-order chi connectivity index (χ0) is 22.6. The molecule has 8 heteroatoms. The van der Waals surface area contributed by atoms with Gasteiger partial charge in [-0.15, -0.1) is 0 Å². The first kappa shape index (κ1) is 21.7. The largest absolute Gasteiger partial charge is 0.486 e. The van der Waals surface area contributed by atoms with E-state index >= 15 is 0 Å². The summed E-state index contributed by atoms with van der Waals surface area (Å²) in [7, 11) is -3.81. The number of hydrogen-bond acceptors (Lipinski definition) is 5. The molecule has 0 bridgehead atoms. The van der Waals surface area contributed by atoms with Gasteiger partial charge >= 0.3 is 0 Å². The average Bonchev–Trinajstić information content (AvgIpc) is 2.79. The third-order valence-electron chi connectivity index (χ3n) is 5.00. The zero-order valence-electron chi connectivity index (χ0n) is 17.6. The molecule has 0 unspecified atom stereocenters. The quantitative estimate of drug-likeness (QED) is 0.572. The lowest BCUT2D eigenvalue weighted by Crippen LogP contribution is -2.25. The topological polar surface area (TPSA) is 93.7 Å². The molecule has 1 amide bonds.